The maximum Gasteiger partial charge on any atom is 0.356 e. The Bertz CT molecular complexity index is 355. The molecule has 6 nitrogen and oxygen atoms in total. The first-order valence-electron chi connectivity index (χ1n) is 3.60. The molecule has 0 saturated heterocycles. The molecule has 0 spiro atoms. The number of aromatic nitrogens is 2. The summed E-state index contributed by atoms with van der Waals surface area (Å²) in [5.41, 5.74) is 2.27. The number of nitrogens with one attached hydrogen (secondary N) is 1. The van der Waals surface area contributed by atoms with Crippen LogP contribution >= 0.6 is 0 Å². The lowest BCUT2D eigenvalue weighted by Crippen LogP contribution is -2.06. The maximum atomic E-state index is 10.4. The topological polar surface area (TPSA) is 84.3 Å². The van der Waals surface area contributed by atoms with Crippen molar-refractivity contribution in [2.75, 3.05) is 12.1 Å². The number of hydrogen-bond donors (Lipinski definition) is 2. The minimum absolute atomic E-state index is 0.0857. The lowest BCUT2D eigenvalue weighted by atomic mass is 10.5. The summed E-state index contributed by atoms with van der Waals surface area (Å²) in [6, 6.07) is 0. The van der Waals surface area contributed by atoms with Crippen molar-refractivity contribution >= 4 is 11.8 Å². The van der Waals surface area contributed by atoms with Crippen LogP contribution in [0.25, 0.3) is 0 Å². The predicted octanol–water partition coefficient (Wildman–Crippen LogP) is 0.151. The zero-order valence-corrected chi connectivity index (χ0v) is 7.10. The summed E-state index contributed by atoms with van der Waals surface area (Å²) in [5, 5.41) is 8.51. The van der Waals surface area contributed by atoms with Crippen molar-refractivity contribution in [1.29, 1.82) is 0 Å². The van der Waals surface area contributed by atoms with Gasteiger partial charge in [-0.25, -0.2) is 20.2 Å². The summed E-state index contributed by atoms with van der Waals surface area (Å²) in [4.78, 5) is 22.4. The van der Waals surface area contributed by atoms with Gasteiger partial charge in [0, 0.05) is 0 Å². The van der Waals surface area contributed by atoms with Gasteiger partial charge in [-0.05, 0) is 0 Å². The molecule has 1 rings (SSSR count). The highest BCUT2D eigenvalue weighted by atomic mass is 16.6. The van der Waals surface area contributed by atoms with Crippen molar-refractivity contribution in [3.8, 4) is 12.3 Å². The average molecular weight is 193 g/mol. The molecule has 72 valence electrons. The zero-order valence-electron chi connectivity index (χ0n) is 7.10. The fraction of sp³-hybridized carbons (Fsp3) is 0.125. The summed E-state index contributed by atoms with van der Waals surface area (Å²) < 4.78 is 0. The Morgan fingerprint density at radius 1 is 1.64 bits per heavy atom. The predicted molar refractivity (Wildman–Crippen MR) is 47.4 cm³/mol. The van der Waals surface area contributed by atoms with Crippen LogP contribution in [-0.2, 0) is 4.84 Å². The second-order valence-electron chi connectivity index (χ2n) is 2.19. The van der Waals surface area contributed by atoms with Gasteiger partial charge in [0.25, 0.3) is 0 Å². The highest BCUT2D eigenvalue weighted by molar-refractivity contribution is 5.84. The summed E-state index contributed by atoms with van der Waals surface area (Å²) in [6.45, 7) is 0.0857. The quantitative estimate of drug-likeness (QED) is 0.402. The molecule has 0 bridgehead atoms. The maximum absolute atomic E-state index is 10.4. The van der Waals surface area contributed by atoms with E-state index in [1.165, 1.54) is 6.20 Å². The monoisotopic (exact) mass is 193 g/mol. The molecule has 0 saturated carbocycles. The van der Waals surface area contributed by atoms with Gasteiger partial charge in [-0.3, -0.25) is 4.84 Å². The van der Waals surface area contributed by atoms with E-state index in [2.05, 4.69) is 21.4 Å². The molecule has 1 heterocycles. The molecule has 14 heavy (non-hydrogen) atoms. The van der Waals surface area contributed by atoms with Crippen LogP contribution in [0, 0.1) is 12.3 Å². The fourth-order valence-electron chi connectivity index (χ4n) is 0.643. The Balaban J connectivity index is 2.56. The lowest BCUT2D eigenvalue weighted by molar-refractivity contribution is 0.0690. The van der Waals surface area contributed by atoms with Gasteiger partial charge in [0.05, 0.1) is 12.4 Å². The standard InChI is InChI=1S/C8H7N3O3/c1-2-3-14-11-7-5-9-6(4-10-7)8(12)13/h1,4-5H,3H2,(H,10,11)(H,12,13). The average Bonchev–Trinajstić information content (AvgIpc) is 2.19. The minimum Gasteiger partial charge on any atom is -0.476 e. The van der Waals surface area contributed by atoms with Gasteiger partial charge in [0.1, 0.15) is 6.61 Å². The molecule has 0 aliphatic rings. The van der Waals surface area contributed by atoms with Gasteiger partial charge in [-0.2, -0.15) is 0 Å². The largest absolute Gasteiger partial charge is 0.476 e. The molecule has 0 aromatic carbocycles. The van der Waals surface area contributed by atoms with Crippen LogP contribution in [0.15, 0.2) is 12.4 Å². The van der Waals surface area contributed by atoms with Gasteiger partial charge < -0.3 is 5.11 Å². The molecule has 0 atom stereocenters. The molecule has 0 aliphatic carbocycles. The summed E-state index contributed by atoms with van der Waals surface area (Å²) in [5.74, 6) is 1.41. The number of aromatic carboxylic acids is 1. The van der Waals surface area contributed by atoms with Crippen molar-refractivity contribution in [2.24, 2.45) is 0 Å². The van der Waals surface area contributed by atoms with E-state index < -0.39 is 5.97 Å². The molecular weight excluding hydrogens is 186 g/mol. The third-order valence-electron chi connectivity index (χ3n) is 1.20. The number of anilines is 1. The minimum atomic E-state index is -1.13. The molecule has 1 aromatic rings. The van der Waals surface area contributed by atoms with E-state index in [-0.39, 0.29) is 12.3 Å². The molecule has 0 amide bonds. The van der Waals surface area contributed by atoms with Gasteiger partial charge >= 0.3 is 5.97 Å². The summed E-state index contributed by atoms with van der Waals surface area (Å²) >= 11 is 0. The van der Waals surface area contributed by atoms with Crippen LogP contribution in [0.2, 0.25) is 0 Å². The third kappa shape index (κ3) is 2.73. The zero-order chi connectivity index (χ0) is 10.4. The number of terminal acetylenes is 1. The van der Waals surface area contributed by atoms with Crippen LogP contribution in [-0.4, -0.2) is 27.7 Å². The molecule has 2 N–H and O–H groups in total. The van der Waals surface area contributed by atoms with E-state index in [0.717, 1.165) is 6.20 Å². The van der Waals surface area contributed by atoms with Gasteiger partial charge in [-0.1, -0.05) is 5.92 Å². The van der Waals surface area contributed by atoms with Crippen molar-refractivity contribution < 1.29 is 14.7 Å². The van der Waals surface area contributed by atoms with Crippen molar-refractivity contribution in [3.05, 3.63) is 18.1 Å². The number of carbonyl (C=O) groups is 1. The molecule has 0 aliphatic heterocycles. The van der Waals surface area contributed by atoms with E-state index >= 15 is 0 Å². The van der Waals surface area contributed by atoms with E-state index in [9.17, 15) is 4.79 Å². The Kier molecular flexibility index (Phi) is 3.41. The number of hydrogen-bond acceptors (Lipinski definition) is 5. The Morgan fingerprint density at radius 3 is 2.93 bits per heavy atom. The highest BCUT2D eigenvalue weighted by Crippen LogP contribution is 2.00. The smallest absolute Gasteiger partial charge is 0.356 e. The van der Waals surface area contributed by atoms with Crippen molar-refractivity contribution in [3.63, 3.8) is 0 Å². The van der Waals surface area contributed by atoms with Crippen LogP contribution in [0.4, 0.5) is 5.82 Å². The van der Waals surface area contributed by atoms with Crippen LogP contribution in [0.3, 0.4) is 0 Å². The number of carboxylic acids is 1. The molecule has 6 heteroatoms. The van der Waals surface area contributed by atoms with Crippen molar-refractivity contribution in [2.45, 2.75) is 0 Å². The van der Waals surface area contributed by atoms with Gasteiger partial charge in [0.15, 0.2) is 11.5 Å². The normalized spacial score (nSPS) is 9.07. The molecule has 0 unspecified atom stereocenters. The first-order chi connectivity index (χ1) is 6.74. The summed E-state index contributed by atoms with van der Waals surface area (Å²) in [6.07, 6.45) is 7.28. The first kappa shape index (κ1) is 9.95. The summed E-state index contributed by atoms with van der Waals surface area (Å²) in [7, 11) is 0. The first-order valence-corrected chi connectivity index (χ1v) is 3.60. The molecule has 1 aromatic heterocycles. The highest BCUT2D eigenvalue weighted by Gasteiger charge is 2.03. The third-order valence-corrected chi connectivity index (χ3v) is 1.20. The second-order valence-corrected chi connectivity index (χ2v) is 2.19. The fourth-order valence-corrected chi connectivity index (χ4v) is 0.643. The van der Waals surface area contributed by atoms with E-state index in [1.54, 1.807) is 0 Å². The molecule has 0 radical (unpaired) electrons. The number of nitrogens with zero attached hydrogens (tertiary/aromatic N) is 2. The van der Waals surface area contributed by atoms with E-state index in [1.807, 2.05) is 0 Å². The van der Waals surface area contributed by atoms with Crippen LogP contribution in [0.1, 0.15) is 10.5 Å². The van der Waals surface area contributed by atoms with Crippen molar-refractivity contribution in [1.82, 2.24) is 9.97 Å². The molecular formula is C8H7N3O3. The lowest BCUT2D eigenvalue weighted by Gasteiger charge is -2.02. The number of carboxylic acid groups (broad SMARTS) is 1. The second kappa shape index (κ2) is 4.79. The van der Waals surface area contributed by atoms with E-state index in [4.69, 9.17) is 16.4 Å². The SMILES string of the molecule is C#CCONc1cnc(C(=O)O)cn1. The Labute approximate surface area is 79.9 Å². The molecule has 0 fully saturated rings. The van der Waals surface area contributed by atoms with Gasteiger partial charge in [0.2, 0.25) is 0 Å². The number of rotatable bonds is 4. The Morgan fingerprint density at radius 2 is 2.43 bits per heavy atom. The van der Waals surface area contributed by atoms with Gasteiger partial charge in [-0.15, -0.1) is 6.42 Å². The Hall–Kier alpha value is -2.13. The van der Waals surface area contributed by atoms with Crippen LogP contribution in [0.5, 0.6) is 0 Å². The van der Waals surface area contributed by atoms with Crippen LogP contribution < -0.4 is 5.48 Å². The van der Waals surface area contributed by atoms with E-state index in [0.29, 0.717) is 5.82 Å².